The topological polar surface area (TPSA) is 82.5 Å². The first-order valence-corrected chi connectivity index (χ1v) is 8.55. The lowest BCUT2D eigenvalue weighted by Crippen LogP contribution is -2.33. The summed E-state index contributed by atoms with van der Waals surface area (Å²) in [5.74, 6) is -0.526. The van der Waals surface area contributed by atoms with Crippen LogP contribution in [0.15, 0.2) is 34.1 Å². The zero-order valence-corrected chi connectivity index (χ0v) is 14.9. The normalized spacial score (nSPS) is 10.4. The molecular weight excluding hydrogens is 382 g/mol. The Balaban J connectivity index is 2.16. The fraction of sp³-hybridized carbons (Fsp3) is 0.267. The minimum absolute atomic E-state index is 0.140. The Morgan fingerprint density at radius 1 is 1.39 bits per heavy atom. The summed E-state index contributed by atoms with van der Waals surface area (Å²) in [7, 11) is 0. The summed E-state index contributed by atoms with van der Waals surface area (Å²) in [6, 6.07) is 7.59. The number of nitrogens with zero attached hydrogens (tertiary/aromatic N) is 2. The number of aliphatic hydroxyl groups is 1. The number of carbonyl (C=O) groups is 2. The van der Waals surface area contributed by atoms with Gasteiger partial charge in [0.25, 0.3) is 5.91 Å². The maximum absolute atomic E-state index is 12.6. The number of rotatable bonds is 6. The van der Waals surface area contributed by atoms with Gasteiger partial charge in [-0.25, -0.2) is 4.98 Å². The first-order valence-electron chi connectivity index (χ1n) is 6.88. The van der Waals surface area contributed by atoms with E-state index in [-0.39, 0.29) is 30.7 Å². The lowest BCUT2D eigenvalue weighted by molar-refractivity contribution is -0.114. The third-order valence-electron chi connectivity index (χ3n) is 2.98. The monoisotopic (exact) mass is 397 g/mol. The second-order valence-corrected chi connectivity index (χ2v) is 6.47. The van der Waals surface area contributed by atoms with Crippen LogP contribution in [0.4, 0.5) is 5.13 Å². The smallest absolute Gasteiger partial charge is 0.273 e. The van der Waals surface area contributed by atoms with Crippen LogP contribution in [0.25, 0.3) is 0 Å². The van der Waals surface area contributed by atoms with Crippen LogP contribution >= 0.6 is 27.3 Å². The Bertz CT molecular complexity index is 705. The number of carbonyl (C=O) groups excluding carboxylic acids is 2. The van der Waals surface area contributed by atoms with Crippen LogP contribution in [-0.4, -0.2) is 40.0 Å². The van der Waals surface area contributed by atoms with Gasteiger partial charge in [0.2, 0.25) is 5.91 Å². The average Bonchev–Trinajstić information content (AvgIpc) is 2.96. The van der Waals surface area contributed by atoms with E-state index in [1.807, 2.05) is 24.3 Å². The van der Waals surface area contributed by atoms with Crippen LogP contribution in [0.3, 0.4) is 0 Å². The number of nitrogens with one attached hydrogen (secondary N) is 1. The van der Waals surface area contributed by atoms with Gasteiger partial charge in [0.15, 0.2) is 5.13 Å². The molecule has 0 radical (unpaired) electrons. The molecule has 8 heteroatoms. The van der Waals surface area contributed by atoms with E-state index < -0.39 is 0 Å². The maximum Gasteiger partial charge on any atom is 0.273 e. The second kappa shape index (κ2) is 8.19. The predicted molar refractivity (Wildman–Crippen MR) is 92.4 cm³/mol. The van der Waals surface area contributed by atoms with E-state index >= 15 is 0 Å². The van der Waals surface area contributed by atoms with Crippen LogP contribution in [0, 0.1) is 0 Å². The lowest BCUT2D eigenvalue weighted by Gasteiger charge is -2.21. The zero-order valence-electron chi connectivity index (χ0n) is 12.5. The van der Waals surface area contributed by atoms with Crippen LogP contribution < -0.4 is 5.32 Å². The van der Waals surface area contributed by atoms with Crippen molar-refractivity contribution in [2.75, 3.05) is 18.5 Å². The minimum Gasteiger partial charge on any atom is -0.395 e. The van der Waals surface area contributed by atoms with Gasteiger partial charge >= 0.3 is 0 Å². The van der Waals surface area contributed by atoms with Gasteiger partial charge in [-0.1, -0.05) is 34.1 Å². The van der Waals surface area contributed by atoms with Crippen molar-refractivity contribution in [1.82, 2.24) is 9.88 Å². The standard InChI is InChI=1S/C15H16BrN3O3S/c1-10(21)17-15-18-13(9-23-15)14(22)19(6-7-20)8-11-4-2-3-5-12(11)16/h2-5,9,20H,6-8H2,1H3,(H,17,18,21). The number of benzene rings is 1. The number of thiazole rings is 1. The van der Waals surface area contributed by atoms with Crippen molar-refractivity contribution in [2.45, 2.75) is 13.5 Å². The van der Waals surface area contributed by atoms with Crippen molar-refractivity contribution in [3.05, 3.63) is 45.4 Å². The molecule has 0 saturated carbocycles. The first-order chi connectivity index (χ1) is 11.0. The molecule has 2 rings (SSSR count). The van der Waals surface area contributed by atoms with Crippen LogP contribution in [-0.2, 0) is 11.3 Å². The summed E-state index contributed by atoms with van der Waals surface area (Å²) in [6.07, 6.45) is 0. The predicted octanol–water partition coefficient (Wildman–Crippen LogP) is 2.50. The first kappa shape index (κ1) is 17.6. The molecule has 0 fully saturated rings. The van der Waals surface area contributed by atoms with Crippen molar-refractivity contribution in [3.8, 4) is 0 Å². The summed E-state index contributed by atoms with van der Waals surface area (Å²) in [4.78, 5) is 29.2. The molecule has 1 heterocycles. The fourth-order valence-corrected chi connectivity index (χ4v) is 3.09. The lowest BCUT2D eigenvalue weighted by atomic mass is 10.2. The van der Waals surface area contributed by atoms with E-state index in [2.05, 4.69) is 26.2 Å². The summed E-state index contributed by atoms with van der Waals surface area (Å²) >= 11 is 4.64. The molecule has 6 nitrogen and oxygen atoms in total. The number of aromatic nitrogens is 1. The van der Waals surface area contributed by atoms with E-state index in [0.717, 1.165) is 10.0 Å². The Morgan fingerprint density at radius 3 is 2.78 bits per heavy atom. The van der Waals surface area contributed by atoms with E-state index in [0.29, 0.717) is 11.7 Å². The number of hydrogen-bond acceptors (Lipinski definition) is 5. The van der Waals surface area contributed by atoms with Gasteiger partial charge in [0.05, 0.1) is 6.61 Å². The molecule has 1 aromatic carbocycles. The van der Waals surface area contributed by atoms with Crippen LogP contribution in [0.1, 0.15) is 23.0 Å². The number of halogens is 1. The SMILES string of the molecule is CC(=O)Nc1nc(C(=O)N(CCO)Cc2ccccc2Br)cs1. The Labute approximate surface area is 146 Å². The molecule has 2 aromatic rings. The summed E-state index contributed by atoms with van der Waals surface area (Å²) in [5.41, 5.74) is 1.19. The van der Waals surface area contributed by atoms with Crippen LogP contribution in [0.2, 0.25) is 0 Å². The highest BCUT2D eigenvalue weighted by Gasteiger charge is 2.19. The number of aliphatic hydroxyl groups excluding tert-OH is 1. The van der Waals surface area contributed by atoms with E-state index in [9.17, 15) is 14.7 Å². The molecule has 0 atom stereocenters. The fourth-order valence-electron chi connectivity index (χ4n) is 1.95. The van der Waals surface area contributed by atoms with Crippen molar-refractivity contribution < 1.29 is 14.7 Å². The Morgan fingerprint density at radius 2 is 2.13 bits per heavy atom. The molecule has 122 valence electrons. The van der Waals surface area contributed by atoms with Gasteiger partial charge in [0, 0.05) is 29.9 Å². The van der Waals surface area contributed by atoms with Gasteiger partial charge in [-0.15, -0.1) is 11.3 Å². The molecule has 0 aliphatic heterocycles. The molecule has 23 heavy (non-hydrogen) atoms. The van der Waals surface area contributed by atoms with E-state index in [1.165, 1.54) is 23.2 Å². The van der Waals surface area contributed by atoms with E-state index in [1.54, 1.807) is 5.38 Å². The zero-order chi connectivity index (χ0) is 16.8. The quantitative estimate of drug-likeness (QED) is 0.784. The average molecular weight is 398 g/mol. The second-order valence-electron chi connectivity index (χ2n) is 4.76. The Hall–Kier alpha value is -1.77. The van der Waals surface area contributed by atoms with Gasteiger partial charge in [-0.2, -0.15) is 0 Å². The van der Waals surface area contributed by atoms with Gasteiger partial charge in [0.1, 0.15) is 5.69 Å². The van der Waals surface area contributed by atoms with Crippen molar-refractivity contribution in [3.63, 3.8) is 0 Å². The molecule has 2 amide bonds. The summed E-state index contributed by atoms with van der Waals surface area (Å²) in [6.45, 7) is 1.80. The Kier molecular flexibility index (Phi) is 6.26. The summed E-state index contributed by atoms with van der Waals surface area (Å²) in [5, 5.41) is 13.7. The third-order valence-corrected chi connectivity index (χ3v) is 4.51. The van der Waals surface area contributed by atoms with Crippen LogP contribution in [0.5, 0.6) is 0 Å². The number of anilines is 1. The van der Waals surface area contributed by atoms with Crippen molar-refractivity contribution in [1.29, 1.82) is 0 Å². The van der Waals surface area contributed by atoms with Gasteiger partial charge in [-0.05, 0) is 11.6 Å². The third kappa shape index (κ3) is 4.85. The number of hydrogen-bond donors (Lipinski definition) is 2. The molecule has 0 unspecified atom stereocenters. The molecular formula is C15H16BrN3O3S. The molecule has 0 aliphatic carbocycles. The maximum atomic E-state index is 12.6. The highest BCUT2D eigenvalue weighted by molar-refractivity contribution is 9.10. The number of amides is 2. The van der Waals surface area contributed by atoms with E-state index in [4.69, 9.17) is 0 Å². The molecule has 0 saturated heterocycles. The molecule has 1 aromatic heterocycles. The van der Waals surface area contributed by atoms with Gasteiger partial charge in [-0.3, -0.25) is 9.59 Å². The molecule has 2 N–H and O–H groups in total. The highest BCUT2D eigenvalue weighted by atomic mass is 79.9. The molecule has 0 spiro atoms. The van der Waals surface area contributed by atoms with Crippen molar-refractivity contribution in [2.24, 2.45) is 0 Å². The van der Waals surface area contributed by atoms with Gasteiger partial charge < -0.3 is 15.3 Å². The summed E-state index contributed by atoms with van der Waals surface area (Å²) < 4.78 is 0.896. The largest absolute Gasteiger partial charge is 0.395 e. The minimum atomic E-state index is -0.289. The highest BCUT2D eigenvalue weighted by Crippen LogP contribution is 2.21. The molecule has 0 bridgehead atoms. The molecule has 0 aliphatic rings. The van der Waals surface area contributed by atoms with Crippen molar-refractivity contribution >= 4 is 44.2 Å².